The van der Waals surface area contributed by atoms with E-state index in [1.54, 1.807) is 6.07 Å². The summed E-state index contributed by atoms with van der Waals surface area (Å²) in [5, 5.41) is 0. The minimum atomic E-state index is 0.451. The Kier molecular flexibility index (Phi) is 9.54. The minimum absolute atomic E-state index is 0.451. The predicted molar refractivity (Wildman–Crippen MR) is 130 cm³/mol. The molecule has 1 saturated carbocycles. The molecule has 0 unspecified atom stereocenters. The van der Waals surface area contributed by atoms with Gasteiger partial charge in [0.25, 0.3) is 0 Å². The van der Waals surface area contributed by atoms with Gasteiger partial charge < -0.3 is 20.9 Å². The van der Waals surface area contributed by atoms with Crippen LogP contribution in [0.5, 0.6) is 5.75 Å². The Labute approximate surface area is 188 Å². The second-order valence-corrected chi connectivity index (χ2v) is 8.93. The molecule has 0 bridgehead atoms. The number of nitrogens with two attached hydrogens (primary N) is 2. The molecule has 31 heavy (non-hydrogen) atoms. The number of unbranched alkanes of at least 4 members (excludes halogenated alkanes) is 5. The van der Waals surface area contributed by atoms with Crippen LogP contribution in [-0.4, -0.2) is 12.7 Å². The number of hydrogen-bond donors (Lipinski definition) is 2. The van der Waals surface area contributed by atoms with Gasteiger partial charge in [0.2, 0.25) is 0 Å². The molecule has 1 aliphatic rings. The van der Waals surface area contributed by atoms with Crippen molar-refractivity contribution in [3.63, 3.8) is 0 Å². The van der Waals surface area contributed by atoms with Crippen molar-refractivity contribution in [2.45, 2.75) is 89.8 Å². The summed E-state index contributed by atoms with van der Waals surface area (Å²) in [6, 6.07) is 14.1. The number of ether oxygens (including phenoxy) is 2. The van der Waals surface area contributed by atoms with E-state index in [1.807, 2.05) is 12.1 Å². The fourth-order valence-electron chi connectivity index (χ4n) is 4.44. The average Bonchev–Trinajstić information content (AvgIpc) is 2.79. The molecule has 0 amide bonds. The number of rotatable bonds is 12. The number of hydrogen-bond acceptors (Lipinski definition) is 4. The fourth-order valence-corrected chi connectivity index (χ4v) is 4.44. The SMILES string of the molecule is CCCCCCCCOC1CCC(c2ccc(OCc3ccc(N)cc3N)cc2)CC1. The number of nitrogen functional groups attached to an aromatic ring is 2. The van der Waals surface area contributed by atoms with E-state index in [0.29, 0.717) is 30.0 Å². The van der Waals surface area contributed by atoms with Gasteiger partial charge in [0.15, 0.2) is 0 Å². The van der Waals surface area contributed by atoms with E-state index < -0.39 is 0 Å². The van der Waals surface area contributed by atoms with Crippen molar-refractivity contribution in [3.8, 4) is 5.75 Å². The van der Waals surface area contributed by atoms with Gasteiger partial charge in [0, 0.05) is 23.5 Å². The summed E-state index contributed by atoms with van der Waals surface area (Å²) in [5.74, 6) is 1.51. The van der Waals surface area contributed by atoms with Gasteiger partial charge in [-0.3, -0.25) is 0 Å². The second-order valence-electron chi connectivity index (χ2n) is 8.93. The molecule has 4 N–H and O–H groups in total. The quantitative estimate of drug-likeness (QED) is 0.289. The highest BCUT2D eigenvalue weighted by Gasteiger charge is 2.22. The van der Waals surface area contributed by atoms with Gasteiger partial charge in [-0.25, -0.2) is 0 Å². The highest BCUT2D eigenvalue weighted by molar-refractivity contribution is 5.56. The van der Waals surface area contributed by atoms with E-state index in [2.05, 4.69) is 31.2 Å². The largest absolute Gasteiger partial charge is 0.489 e. The van der Waals surface area contributed by atoms with Gasteiger partial charge in [-0.2, -0.15) is 0 Å². The summed E-state index contributed by atoms with van der Waals surface area (Å²) in [5.41, 5.74) is 15.5. The van der Waals surface area contributed by atoms with E-state index in [0.717, 1.165) is 17.9 Å². The van der Waals surface area contributed by atoms with Crippen LogP contribution in [0, 0.1) is 0 Å². The maximum absolute atomic E-state index is 6.15. The Balaban J connectivity index is 1.35. The van der Waals surface area contributed by atoms with Crippen LogP contribution >= 0.6 is 0 Å². The van der Waals surface area contributed by atoms with E-state index in [4.69, 9.17) is 20.9 Å². The zero-order valence-corrected chi connectivity index (χ0v) is 19.2. The Morgan fingerprint density at radius 3 is 2.26 bits per heavy atom. The molecule has 2 aromatic rings. The Hall–Kier alpha value is -2.20. The maximum atomic E-state index is 6.15. The lowest BCUT2D eigenvalue weighted by atomic mass is 9.83. The summed E-state index contributed by atoms with van der Waals surface area (Å²) in [6.07, 6.45) is 13.2. The molecule has 0 saturated heterocycles. The molecule has 4 heteroatoms. The molecule has 0 radical (unpaired) electrons. The highest BCUT2D eigenvalue weighted by Crippen LogP contribution is 2.35. The molecule has 0 aliphatic heterocycles. The first-order chi connectivity index (χ1) is 15.2. The zero-order valence-electron chi connectivity index (χ0n) is 19.2. The molecule has 3 rings (SSSR count). The lowest BCUT2D eigenvalue weighted by Crippen LogP contribution is -2.21. The molecule has 0 aromatic heterocycles. The predicted octanol–water partition coefficient (Wildman–Crippen LogP) is 6.83. The first-order valence-electron chi connectivity index (χ1n) is 12.1. The summed E-state index contributed by atoms with van der Waals surface area (Å²) in [6.45, 7) is 3.65. The molecule has 0 heterocycles. The first-order valence-corrected chi connectivity index (χ1v) is 12.1. The molecule has 0 spiro atoms. The minimum Gasteiger partial charge on any atom is -0.489 e. The molecule has 1 fully saturated rings. The smallest absolute Gasteiger partial charge is 0.119 e. The lowest BCUT2D eigenvalue weighted by Gasteiger charge is -2.29. The van der Waals surface area contributed by atoms with Crippen LogP contribution in [0.4, 0.5) is 11.4 Å². The van der Waals surface area contributed by atoms with Gasteiger partial charge >= 0.3 is 0 Å². The van der Waals surface area contributed by atoms with Gasteiger partial charge in [0.05, 0.1) is 6.10 Å². The Morgan fingerprint density at radius 2 is 1.55 bits per heavy atom. The van der Waals surface area contributed by atoms with Crippen LogP contribution in [0.2, 0.25) is 0 Å². The Bertz CT molecular complexity index is 767. The fraction of sp³-hybridized carbons (Fsp3) is 0.556. The monoisotopic (exact) mass is 424 g/mol. The topological polar surface area (TPSA) is 70.5 Å². The van der Waals surface area contributed by atoms with Crippen molar-refractivity contribution in [1.82, 2.24) is 0 Å². The van der Waals surface area contributed by atoms with E-state index in [9.17, 15) is 0 Å². The van der Waals surface area contributed by atoms with Crippen LogP contribution in [0.25, 0.3) is 0 Å². The summed E-state index contributed by atoms with van der Waals surface area (Å²) < 4.78 is 12.1. The van der Waals surface area contributed by atoms with Crippen LogP contribution in [0.3, 0.4) is 0 Å². The third-order valence-electron chi connectivity index (χ3n) is 6.44. The molecular weight excluding hydrogens is 384 g/mol. The number of anilines is 2. The summed E-state index contributed by atoms with van der Waals surface area (Å²) >= 11 is 0. The first kappa shape index (κ1) is 23.5. The van der Waals surface area contributed by atoms with E-state index in [1.165, 1.54) is 69.8 Å². The average molecular weight is 425 g/mol. The third-order valence-corrected chi connectivity index (χ3v) is 6.44. The Morgan fingerprint density at radius 1 is 0.839 bits per heavy atom. The molecule has 2 aromatic carbocycles. The maximum Gasteiger partial charge on any atom is 0.119 e. The van der Waals surface area contributed by atoms with Gasteiger partial charge in [-0.05, 0) is 67.9 Å². The second kappa shape index (κ2) is 12.6. The van der Waals surface area contributed by atoms with Crippen molar-refractivity contribution >= 4 is 11.4 Å². The van der Waals surface area contributed by atoms with E-state index in [-0.39, 0.29) is 0 Å². The zero-order chi connectivity index (χ0) is 21.9. The third kappa shape index (κ3) is 7.77. The van der Waals surface area contributed by atoms with E-state index >= 15 is 0 Å². The van der Waals surface area contributed by atoms with Crippen molar-refractivity contribution < 1.29 is 9.47 Å². The van der Waals surface area contributed by atoms with Crippen LogP contribution in [-0.2, 0) is 11.3 Å². The van der Waals surface area contributed by atoms with Crippen LogP contribution in [0.15, 0.2) is 42.5 Å². The van der Waals surface area contributed by atoms with Crippen molar-refractivity contribution in [2.24, 2.45) is 0 Å². The van der Waals surface area contributed by atoms with Crippen LogP contribution < -0.4 is 16.2 Å². The van der Waals surface area contributed by atoms with Crippen molar-refractivity contribution in [1.29, 1.82) is 0 Å². The summed E-state index contributed by atoms with van der Waals surface area (Å²) in [7, 11) is 0. The molecule has 170 valence electrons. The highest BCUT2D eigenvalue weighted by atomic mass is 16.5. The van der Waals surface area contributed by atoms with Crippen molar-refractivity contribution in [2.75, 3.05) is 18.1 Å². The number of benzene rings is 2. The van der Waals surface area contributed by atoms with Gasteiger partial charge in [-0.1, -0.05) is 57.2 Å². The molecular formula is C27H40N2O2. The van der Waals surface area contributed by atoms with Gasteiger partial charge in [-0.15, -0.1) is 0 Å². The molecule has 0 atom stereocenters. The molecule has 1 aliphatic carbocycles. The van der Waals surface area contributed by atoms with Gasteiger partial charge in [0.1, 0.15) is 12.4 Å². The lowest BCUT2D eigenvalue weighted by molar-refractivity contribution is 0.0226. The van der Waals surface area contributed by atoms with Crippen molar-refractivity contribution in [3.05, 3.63) is 53.6 Å². The standard InChI is InChI=1S/C27H40N2O2/c1-2-3-4-5-6-7-18-30-25-14-9-21(10-15-25)22-11-16-26(17-12-22)31-20-23-8-13-24(28)19-27(23)29/h8,11-13,16-17,19,21,25H,2-7,9-10,14-15,18,20,28-29H2,1H3. The normalized spacial score (nSPS) is 18.7. The summed E-state index contributed by atoms with van der Waals surface area (Å²) in [4.78, 5) is 0. The van der Waals surface area contributed by atoms with Crippen LogP contribution in [0.1, 0.15) is 88.2 Å². The molecule has 4 nitrogen and oxygen atoms in total.